The van der Waals surface area contributed by atoms with Gasteiger partial charge in [-0.1, -0.05) is 0 Å². The molecule has 0 atom stereocenters. The average molecular weight is 308 g/mol. The summed E-state index contributed by atoms with van der Waals surface area (Å²) in [5.41, 5.74) is 2.88. The van der Waals surface area contributed by atoms with E-state index in [0.29, 0.717) is 5.11 Å². The number of piperidine rings is 1. The fourth-order valence-corrected chi connectivity index (χ4v) is 2.32. The minimum absolute atomic E-state index is 0.0740. The molecule has 1 aromatic carbocycles. The molecule has 0 aromatic heterocycles. The van der Waals surface area contributed by atoms with Crippen LogP contribution in [0.25, 0.3) is 0 Å². The molecule has 8 heteroatoms. The van der Waals surface area contributed by atoms with Crippen molar-refractivity contribution in [2.45, 2.75) is 19.3 Å². The normalized spacial score (nSPS) is 15.1. The van der Waals surface area contributed by atoms with Crippen LogP contribution in [0.4, 0.5) is 5.69 Å². The Morgan fingerprint density at radius 2 is 2.14 bits per heavy atom. The molecule has 0 spiro atoms. The summed E-state index contributed by atoms with van der Waals surface area (Å²) in [7, 11) is 0. The smallest absolute Gasteiger partial charge is 0.270 e. The van der Waals surface area contributed by atoms with Crippen molar-refractivity contribution in [2.24, 2.45) is 5.10 Å². The molecule has 21 heavy (non-hydrogen) atoms. The predicted molar refractivity (Wildman–Crippen MR) is 83.5 cm³/mol. The molecule has 2 N–H and O–H groups in total. The van der Waals surface area contributed by atoms with Gasteiger partial charge in [-0.2, -0.15) is 5.10 Å². The van der Waals surface area contributed by atoms with E-state index < -0.39 is 4.92 Å². The lowest BCUT2D eigenvalue weighted by Gasteiger charge is -2.28. The van der Waals surface area contributed by atoms with E-state index in [1.54, 1.807) is 0 Å². The Morgan fingerprint density at radius 3 is 2.81 bits per heavy atom. The van der Waals surface area contributed by atoms with Crippen molar-refractivity contribution >= 4 is 29.2 Å². The van der Waals surface area contributed by atoms with E-state index in [9.17, 15) is 15.2 Å². The molecule has 2 rings (SSSR count). The second kappa shape index (κ2) is 6.98. The number of hydrogen-bond donors (Lipinski definition) is 2. The third kappa shape index (κ3) is 4.12. The van der Waals surface area contributed by atoms with Crippen LogP contribution in [0.15, 0.2) is 23.3 Å². The quantitative estimate of drug-likeness (QED) is 0.384. The fraction of sp³-hybridized carbons (Fsp3) is 0.385. The van der Waals surface area contributed by atoms with Gasteiger partial charge in [-0.25, -0.2) is 0 Å². The van der Waals surface area contributed by atoms with Crippen LogP contribution in [0, 0.1) is 10.1 Å². The lowest BCUT2D eigenvalue weighted by molar-refractivity contribution is -0.384. The summed E-state index contributed by atoms with van der Waals surface area (Å²) >= 11 is 5.22. The molecule has 7 nitrogen and oxygen atoms in total. The van der Waals surface area contributed by atoms with Crippen molar-refractivity contribution in [3.05, 3.63) is 33.9 Å². The maximum atomic E-state index is 10.7. The number of phenols is 1. The summed E-state index contributed by atoms with van der Waals surface area (Å²) in [6.07, 6.45) is 4.75. The highest BCUT2D eigenvalue weighted by Crippen LogP contribution is 2.21. The topological polar surface area (TPSA) is 91.0 Å². The Labute approximate surface area is 127 Å². The van der Waals surface area contributed by atoms with Crippen molar-refractivity contribution in [1.29, 1.82) is 0 Å². The number of nitrogens with zero attached hydrogens (tertiary/aromatic N) is 3. The van der Waals surface area contributed by atoms with E-state index in [4.69, 9.17) is 12.2 Å². The molecule has 1 fully saturated rings. The van der Waals surface area contributed by atoms with Gasteiger partial charge in [0.15, 0.2) is 5.11 Å². The maximum Gasteiger partial charge on any atom is 0.270 e. The first-order valence-corrected chi connectivity index (χ1v) is 7.04. The molecule has 0 amide bonds. The van der Waals surface area contributed by atoms with E-state index in [1.807, 2.05) is 4.90 Å². The second-order valence-corrected chi connectivity index (χ2v) is 5.11. The number of phenolic OH excluding ortho intramolecular Hbond substituents is 1. The van der Waals surface area contributed by atoms with E-state index in [1.165, 1.54) is 30.8 Å². The Kier molecular flexibility index (Phi) is 5.04. The molecule has 1 saturated heterocycles. The molecule has 1 heterocycles. The van der Waals surface area contributed by atoms with Gasteiger partial charge in [-0.05, 0) is 37.5 Å². The first kappa shape index (κ1) is 15.2. The standard InChI is InChI=1S/C13H16N4O3S/c18-12-5-4-11(17(19)20)8-10(12)9-14-15-13(21)16-6-2-1-3-7-16/h4-5,8-9,18H,1-3,6-7H2,(H,15,21)/b14-9+. The Hall–Kier alpha value is -2.22. The predicted octanol–water partition coefficient (Wildman–Crippen LogP) is 1.99. The van der Waals surface area contributed by atoms with E-state index in [0.717, 1.165) is 25.9 Å². The number of benzene rings is 1. The lowest BCUT2D eigenvalue weighted by Crippen LogP contribution is -2.40. The van der Waals surface area contributed by atoms with Crippen LogP contribution in [0.5, 0.6) is 5.75 Å². The molecular formula is C13H16N4O3S. The molecule has 1 aromatic rings. The molecule has 0 aliphatic carbocycles. The first-order valence-electron chi connectivity index (χ1n) is 6.63. The molecule has 0 unspecified atom stereocenters. The van der Waals surface area contributed by atoms with Crippen LogP contribution in [0.1, 0.15) is 24.8 Å². The van der Waals surface area contributed by atoms with Crippen LogP contribution in [-0.4, -0.2) is 39.3 Å². The van der Waals surface area contributed by atoms with Gasteiger partial charge in [0.2, 0.25) is 0 Å². The number of hydrazone groups is 1. The number of nitro groups is 1. The van der Waals surface area contributed by atoms with Gasteiger partial charge in [0.25, 0.3) is 5.69 Å². The van der Waals surface area contributed by atoms with Crippen LogP contribution in [-0.2, 0) is 0 Å². The Morgan fingerprint density at radius 1 is 1.43 bits per heavy atom. The van der Waals surface area contributed by atoms with Gasteiger partial charge in [0.1, 0.15) is 5.75 Å². The molecule has 0 radical (unpaired) electrons. The highest BCUT2D eigenvalue weighted by Gasteiger charge is 2.12. The van der Waals surface area contributed by atoms with Gasteiger partial charge in [-0.3, -0.25) is 15.5 Å². The molecule has 0 bridgehead atoms. The summed E-state index contributed by atoms with van der Waals surface area (Å²) in [4.78, 5) is 12.2. The molecular weight excluding hydrogens is 292 g/mol. The van der Waals surface area contributed by atoms with E-state index in [2.05, 4.69) is 10.5 Å². The Bertz CT molecular complexity index is 571. The zero-order valence-electron chi connectivity index (χ0n) is 11.4. The third-order valence-corrected chi connectivity index (χ3v) is 3.58. The molecule has 0 saturated carbocycles. The monoisotopic (exact) mass is 308 g/mol. The Balaban J connectivity index is 1.99. The molecule has 112 valence electrons. The number of hydrogen-bond acceptors (Lipinski definition) is 5. The number of likely N-dealkylation sites (tertiary alicyclic amines) is 1. The SMILES string of the molecule is O=[N+]([O-])c1ccc(O)c(/C=N/NC(=S)N2CCCCC2)c1. The van der Waals surface area contributed by atoms with Crippen molar-refractivity contribution in [1.82, 2.24) is 10.3 Å². The second-order valence-electron chi connectivity index (χ2n) is 4.72. The van der Waals surface area contributed by atoms with Gasteiger partial charge in [0, 0.05) is 30.8 Å². The van der Waals surface area contributed by atoms with Crippen molar-refractivity contribution < 1.29 is 10.0 Å². The van der Waals surface area contributed by atoms with Crippen molar-refractivity contribution in [3.8, 4) is 5.75 Å². The third-order valence-electron chi connectivity index (χ3n) is 3.23. The van der Waals surface area contributed by atoms with Gasteiger partial charge in [0.05, 0.1) is 11.1 Å². The van der Waals surface area contributed by atoms with Gasteiger partial charge in [-0.15, -0.1) is 0 Å². The van der Waals surface area contributed by atoms with Crippen molar-refractivity contribution in [3.63, 3.8) is 0 Å². The average Bonchev–Trinajstić information content (AvgIpc) is 2.49. The summed E-state index contributed by atoms with van der Waals surface area (Å²) in [6, 6.07) is 3.76. The summed E-state index contributed by atoms with van der Waals surface area (Å²) < 4.78 is 0. The van der Waals surface area contributed by atoms with Crippen molar-refractivity contribution in [2.75, 3.05) is 13.1 Å². The zero-order valence-corrected chi connectivity index (χ0v) is 12.2. The van der Waals surface area contributed by atoms with Crippen LogP contribution in [0.3, 0.4) is 0 Å². The lowest BCUT2D eigenvalue weighted by atomic mass is 10.1. The highest BCUT2D eigenvalue weighted by molar-refractivity contribution is 7.80. The number of aromatic hydroxyl groups is 1. The first-order chi connectivity index (χ1) is 10.1. The molecule has 1 aliphatic rings. The van der Waals surface area contributed by atoms with Crippen LogP contribution < -0.4 is 5.43 Å². The maximum absolute atomic E-state index is 10.7. The molecule has 1 aliphatic heterocycles. The number of nitrogens with one attached hydrogen (secondary N) is 1. The number of non-ortho nitro benzene ring substituents is 1. The number of thiocarbonyl (C=S) groups is 1. The van der Waals surface area contributed by atoms with Crippen LogP contribution >= 0.6 is 12.2 Å². The van der Waals surface area contributed by atoms with E-state index in [-0.39, 0.29) is 17.0 Å². The van der Waals surface area contributed by atoms with Gasteiger partial charge >= 0.3 is 0 Å². The summed E-state index contributed by atoms with van der Waals surface area (Å²) in [5, 5.41) is 24.8. The van der Waals surface area contributed by atoms with Crippen LogP contribution in [0.2, 0.25) is 0 Å². The number of rotatable bonds is 3. The fourth-order valence-electron chi connectivity index (χ4n) is 2.08. The summed E-state index contributed by atoms with van der Waals surface area (Å²) in [5.74, 6) is -0.0740. The van der Waals surface area contributed by atoms with Gasteiger partial charge < -0.3 is 10.0 Å². The number of nitro benzene ring substituents is 1. The minimum atomic E-state index is -0.525. The highest BCUT2D eigenvalue weighted by atomic mass is 32.1. The van der Waals surface area contributed by atoms with E-state index >= 15 is 0 Å². The zero-order chi connectivity index (χ0) is 15.2. The largest absolute Gasteiger partial charge is 0.507 e. The minimum Gasteiger partial charge on any atom is -0.507 e. The summed E-state index contributed by atoms with van der Waals surface area (Å²) in [6.45, 7) is 1.81.